The van der Waals surface area contributed by atoms with Crippen LogP contribution in [-0.2, 0) is 4.74 Å². The van der Waals surface area contributed by atoms with E-state index in [4.69, 9.17) is 10.5 Å². The van der Waals surface area contributed by atoms with Gasteiger partial charge >= 0.3 is 0 Å². The normalized spacial score (nSPS) is 34.9. The van der Waals surface area contributed by atoms with Gasteiger partial charge in [-0.3, -0.25) is 0 Å². The molecule has 2 aliphatic rings. The SMILES string of the molecule is COC1CCC(C2(CN)CCCCC2)NC1. The summed E-state index contributed by atoms with van der Waals surface area (Å²) in [7, 11) is 1.81. The Bertz CT molecular complexity index is 206. The van der Waals surface area contributed by atoms with Gasteiger partial charge in [0.15, 0.2) is 0 Å². The van der Waals surface area contributed by atoms with E-state index in [1.54, 1.807) is 0 Å². The third kappa shape index (κ3) is 2.41. The Balaban J connectivity index is 1.94. The summed E-state index contributed by atoms with van der Waals surface area (Å²) in [6.07, 6.45) is 9.60. The molecule has 2 atom stereocenters. The van der Waals surface area contributed by atoms with Crippen LogP contribution in [0.5, 0.6) is 0 Å². The number of piperidine rings is 1. The summed E-state index contributed by atoms with van der Waals surface area (Å²) < 4.78 is 5.40. The molecule has 0 aromatic carbocycles. The summed E-state index contributed by atoms with van der Waals surface area (Å²) in [6, 6.07) is 0.629. The highest BCUT2D eigenvalue weighted by atomic mass is 16.5. The molecule has 2 fully saturated rings. The van der Waals surface area contributed by atoms with Gasteiger partial charge in [-0.05, 0) is 37.6 Å². The predicted octanol–water partition coefficient (Wildman–Crippen LogP) is 1.66. The quantitative estimate of drug-likeness (QED) is 0.769. The second-order valence-electron chi connectivity index (χ2n) is 5.52. The van der Waals surface area contributed by atoms with Gasteiger partial charge < -0.3 is 15.8 Å². The van der Waals surface area contributed by atoms with E-state index in [0.29, 0.717) is 17.6 Å². The lowest BCUT2D eigenvalue weighted by atomic mass is 9.67. The molecule has 2 rings (SSSR count). The first-order valence-electron chi connectivity index (χ1n) is 6.77. The highest BCUT2D eigenvalue weighted by molar-refractivity contribution is 4.96. The second-order valence-corrected chi connectivity index (χ2v) is 5.52. The van der Waals surface area contributed by atoms with Gasteiger partial charge in [-0.1, -0.05) is 19.3 Å². The van der Waals surface area contributed by atoms with Crippen molar-refractivity contribution >= 4 is 0 Å². The predicted molar refractivity (Wildman–Crippen MR) is 66.4 cm³/mol. The van der Waals surface area contributed by atoms with Gasteiger partial charge in [-0.2, -0.15) is 0 Å². The number of hydrogen-bond acceptors (Lipinski definition) is 3. The zero-order chi connectivity index (χ0) is 11.4. The van der Waals surface area contributed by atoms with Crippen LogP contribution in [0.2, 0.25) is 0 Å². The van der Waals surface area contributed by atoms with E-state index in [2.05, 4.69) is 5.32 Å². The minimum Gasteiger partial charge on any atom is -0.380 e. The first-order chi connectivity index (χ1) is 7.80. The molecule has 1 heterocycles. The first-order valence-corrected chi connectivity index (χ1v) is 6.77. The Morgan fingerprint density at radius 2 is 2.00 bits per heavy atom. The molecule has 1 saturated heterocycles. The summed E-state index contributed by atoms with van der Waals surface area (Å²) in [6.45, 7) is 1.85. The Hall–Kier alpha value is -0.120. The summed E-state index contributed by atoms with van der Waals surface area (Å²) in [5.41, 5.74) is 6.45. The fourth-order valence-electron chi connectivity index (χ4n) is 3.51. The summed E-state index contributed by atoms with van der Waals surface area (Å²) in [5.74, 6) is 0. The van der Waals surface area contributed by atoms with Gasteiger partial charge in [0.2, 0.25) is 0 Å². The molecule has 0 radical (unpaired) electrons. The number of nitrogens with one attached hydrogen (secondary N) is 1. The number of methoxy groups -OCH3 is 1. The van der Waals surface area contributed by atoms with Crippen LogP contribution in [0.25, 0.3) is 0 Å². The highest BCUT2D eigenvalue weighted by Crippen LogP contribution is 2.40. The Morgan fingerprint density at radius 1 is 1.25 bits per heavy atom. The second kappa shape index (κ2) is 5.48. The average Bonchev–Trinajstić information content (AvgIpc) is 2.39. The van der Waals surface area contributed by atoms with Crippen LogP contribution < -0.4 is 11.1 Å². The van der Waals surface area contributed by atoms with Crippen LogP contribution >= 0.6 is 0 Å². The van der Waals surface area contributed by atoms with E-state index in [0.717, 1.165) is 13.1 Å². The third-order valence-electron chi connectivity index (χ3n) is 4.70. The molecule has 0 bridgehead atoms. The monoisotopic (exact) mass is 226 g/mol. The molecule has 3 heteroatoms. The molecule has 3 nitrogen and oxygen atoms in total. The van der Waals surface area contributed by atoms with Crippen LogP contribution in [0.15, 0.2) is 0 Å². The van der Waals surface area contributed by atoms with Crippen LogP contribution in [0.4, 0.5) is 0 Å². The van der Waals surface area contributed by atoms with Crippen molar-refractivity contribution in [1.82, 2.24) is 5.32 Å². The minimum atomic E-state index is 0.386. The lowest BCUT2D eigenvalue weighted by Gasteiger charge is -2.46. The van der Waals surface area contributed by atoms with Crippen molar-refractivity contribution in [3.63, 3.8) is 0 Å². The van der Waals surface area contributed by atoms with Crippen molar-refractivity contribution < 1.29 is 4.74 Å². The first kappa shape index (κ1) is 12.3. The van der Waals surface area contributed by atoms with Crippen LogP contribution in [0, 0.1) is 5.41 Å². The molecule has 1 aliphatic heterocycles. The van der Waals surface area contributed by atoms with Crippen molar-refractivity contribution in [3.8, 4) is 0 Å². The number of ether oxygens (including phenoxy) is 1. The molecule has 0 spiro atoms. The fourth-order valence-corrected chi connectivity index (χ4v) is 3.51. The maximum absolute atomic E-state index is 6.06. The molecule has 0 aromatic heterocycles. The standard InChI is InChI=1S/C13H26N2O/c1-16-11-5-6-12(15-9-11)13(10-14)7-3-2-4-8-13/h11-12,15H,2-10,14H2,1H3. The molecule has 94 valence electrons. The molecular weight excluding hydrogens is 200 g/mol. The Labute approximate surface area is 99.1 Å². The lowest BCUT2D eigenvalue weighted by molar-refractivity contribution is 0.0339. The molecule has 16 heavy (non-hydrogen) atoms. The minimum absolute atomic E-state index is 0.386. The molecule has 2 unspecified atom stereocenters. The summed E-state index contributed by atoms with van der Waals surface area (Å²) >= 11 is 0. The van der Waals surface area contributed by atoms with Gasteiger partial charge in [-0.15, -0.1) is 0 Å². The molecular formula is C13H26N2O. The number of nitrogens with two attached hydrogens (primary N) is 1. The van der Waals surface area contributed by atoms with Crippen molar-refractivity contribution in [2.75, 3.05) is 20.2 Å². The maximum Gasteiger partial charge on any atom is 0.0696 e. The van der Waals surface area contributed by atoms with E-state index >= 15 is 0 Å². The van der Waals surface area contributed by atoms with E-state index < -0.39 is 0 Å². The topological polar surface area (TPSA) is 47.3 Å². The highest BCUT2D eigenvalue weighted by Gasteiger charge is 2.40. The van der Waals surface area contributed by atoms with Gasteiger partial charge in [-0.25, -0.2) is 0 Å². The number of hydrogen-bond donors (Lipinski definition) is 2. The van der Waals surface area contributed by atoms with Crippen molar-refractivity contribution in [3.05, 3.63) is 0 Å². The van der Waals surface area contributed by atoms with Gasteiger partial charge in [0.25, 0.3) is 0 Å². The van der Waals surface area contributed by atoms with Gasteiger partial charge in [0.05, 0.1) is 6.10 Å². The van der Waals surface area contributed by atoms with Crippen LogP contribution in [0.3, 0.4) is 0 Å². The van der Waals surface area contributed by atoms with Crippen molar-refractivity contribution in [2.45, 2.75) is 57.1 Å². The van der Waals surface area contributed by atoms with Crippen molar-refractivity contribution in [1.29, 1.82) is 0 Å². The van der Waals surface area contributed by atoms with E-state index in [-0.39, 0.29) is 0 Å². The molecule has 0 aromatic rings. The zero-order valence-electron chi connectivity index (χ0n) is 10.5. The largest absolute Gasteiger partial charge is 0.380 e. The van der Waals surface area contributed by atoms with E-state index in [1.165, 1.54) is 44.9 Å². The van der Waals surface area contributed by atoms with Crippen LogP contribution in [-0.4, -0.2) is 32.3 Å². The maximum atomic E-state index is 6.06. The summed E-state index contributed by atoms with van der Waals surface area (Å²) in [4.78, 5) is 0. The Kier molecular flexibility index (Phi) is 4.22. The van der Waals surface area contributed by atoms with Gasteiger partial charge in [0.1, 0.15) is 0 Å². The molecule has 1 aliphatic carbocycles. The number of rotatable bonds is 3. The average molecular weight is 226 g/mol. The van der Waals surface area contributed by atoms with Crippen LogP contribution in [0.1, 0.15) is 44.9 Å². The van der Waals surface area contributed by atoms with E-state index in [9.17, 15) is 0 Å². The smallest absolute Gasteiger partial charge is 0.0696 e. The summed E-state index contributed by atoms with van der Waals surface area (Å²) in [5, 5.41) is 3.68. The third-order valence-corrected chi connectivity index (χ3v) is 4.70. The van der Waals surface area contributed by atoms with Crippen molar-refractivity contribution in [2.24, 2.45) is 11.1 Å². The molecule has 1 saturated carbocycles. The molecule has 3 N–H and O–H groups in total. The zero-order valence-corrected chi connectivity index (χ0v) is 10.5. The Morgan fingerprint density at radius 3 is 2.50 bits per heavy atom. The lowest BCUT2D eigenvalue weighted by Crippen LogP contribution is -2.55. The van der Waals surface area contributed by atoms with Gasteiger partial charge in [0, 0.05) is 19.7 Å². The van der Waals surface area contributed by atoms with E-state index in [1.807, 2.05) is 7.11 Å². The molecule has 0 amide bonds. The fraction of sp³-hybridized carbons (Fsp3) is 1.00.